The number of carbonyl (C=O) groups excluding carboxylic acids is 1. The van der Waals surface area contributed by atoms with E-state index >= 15 is 0 Å². The van der Waals surface area contributed by atoms with Crippen molar-refractivity contribution in [1.82, 2.24) is 24.6 Å². The maximum atomic E-state index is 12.3. The molecule has 2 aromatic heterocycles. The molecule has 11 heteroatoms. The number of sulfonamides is 1. The van der Waals surface area contributed by atoms with Crippen LogP contribution < -0.4 is 10.0 Å². The molecule has 2 aromatic carbocycles. The Hall–Kier alpha value is -3.14. The minimum Gasteiger partial charge on any atom is -0.337 e. The van der Waals surface area contributed by atoms with Crippen molar-refractivity contribution in [3.05, 3.63) is 82.3 Å². The van der Waals surface area contributed by atoms with Crippen LogP contribution in [0.15, 0.2) is 59.5 Å². The Morgan fingerprint density at radius 3 is 2.44 bits per heavy atom. The quantitative estimate of drug-likeness (QED) is 0.342. The Morgan fingerprint density at radius 2 is 1.78 bits per heavy atom. The summed E-state index contributed by atoms with van der Waals surface area (Å²) in [5.74, 6) is 0.938. The Kier molecular flexibility index (Phi) is 8.60. The standard InChI is InChI=1S/C25H26ClN5O3S.ClH/c1-4-22-29-23-16(2)14-17(3)28-24(23)31(22)20-10-8-18(9-11-20)12-13-27-25(32)30-35(33,34)21-7-5-6-19(26)15-21;/h5-11,14-15H,4,12-13H2,1-3H3,(H2,27,30,32);1H. The van der Waals surface area contributed by atoms with E-state index in [1.165, 1.54) is 18.2 Å². The molecule has 4 rings (SSSR count). The number of aromatic nitrogens is 3. The molecule has 0 fully saturated rings. The lowest BCUT2D eigenvalue weighted by molar-refractivity contribution is 0.246. The Bertz CT molecular complexity index is 1500. The first-order chi connectivity index (χ1) is 16.7. The number of pyridine rings is 1. The molecule has 2 N–H and O–H groups in total. The molecule has 0 unspecified atom stereocenters. The first kappa shape index (κ1) is 27.4. The summed E-state index contributed by atoms with van der Waals surface area (Å²) in [6, 6.07) is 14.9. The van der Waals surface area contributed by atoms with Crippen molar-refractivity contribution in [3.8, 4) is 5.69 Å². The molecule has 0 aliphatic rings. The highest BCUT2D eigenvalue weighted by Gasteiger charge is 2.18. The average molecular weight is 548 g/mol. The summed E-state index contributed by atoms with van der Waals surface area (Å²) in [5.41, 5.74) is 5.74. The third-order valence-corrected chi connectivity index (χ3v) is 7.11. The van der Waals surface area contributed by atoms with E-state index in [1.54, 1.807) is 6.07 Å². The van der Waals surface area contributed by atoms with Crippen molar-refractivity contribution >= 4 is 51.2 Å². The van der Waals surface area contributed by atoms with E-state index < -0.39 is 16.1 Å². The van der Waals surface area contributed by atoms with E-state index in [2.05, 4.69) is 16.8 Å². The number of benzene rings is 2. The van der Waals surface area contributed by atoms with Crippen molar-refractivity contribution in [2.45, 2.75) is 38.5 Å². The van der Waals surface area contributed by atoms with Gasteiger partial charge >= 0.3 is 6.03 Å². The molecule has 0 bridgehead atoms. The van der Waals surface area contributed by atoms with Crippen LogP contribution in [0.25, 0.3) is 16.9 Å². The predicted molar refractivity (Wildman–Crippen MR) is 144 cm³/mol. The molecule has 36 heavy (non-hydrogen) atoms. The number of halogens is 2. The highest BCUT2D eigenvalue weighted by molar-refractivity contribution is 7.90. The number of urea groups is 1. The van der Waals surface area contributed by atoms with Crippen molar-refractivity contribution in [3.63, 3.8) is 0 Å². The zero-order valence-corrected chi connectivity index (χ0v) is 22.5. The molecule has 0 saturated heterocycles. The van der Waals surface area contributed by atoms with Gasteiger partial charge in [-0.1, -0.05) is 36.7 Å². The third-order valence-electron chi connectivity index (χ3n) is 5.55. The SMILES string of the molecule is CCc1nc2c(C)cc(C)nc2n1-c1ccc(CCNC(=O)NS(=O)(=O)c2cccc(Cl)c2)cc1.Cl. The fourth-order valence-electron chi connectivity index (χ4n) is 3.90. The van der Waals surface area contributed by atoms with Crippen molar-refractivity contribution in [2.75, 3.05) is 6.54 Å². The van der Waals surface area contributed by atoms with Crippen LogP contribution in [0.3, 0.4) is 0 Å². The number of hydrogen-bond donors (Lipinski definition) is 2. The zero-order valence-electron chi connectivity index (χ0n) is 20.1. The lowest BCUT2D eigenvalue weighted by atomic mass is 10.1. The molecule has 2 amide bonds. The minimum absolute atomic E-state index is 0. The zero-order chi connectivity index (χ0) is 25.2. The van der Waals surface area contributed by atoms with Gasteiger partial charge in [0.05, 0.1) is 4.90 Å². The summed E-state index contributed by atoms with van der Waals surface area (Å²) in [5, 5.41) is 2.85. The van der Waals surface area contributed by atoms with Crippen LogP contribution in [0, 0.1) is 13.8 Å². The van der Waals surface area contributed by atoms with E-state index in [9.17, 15) is 13.2 Å². The summed E-state index contributed by atoms with van der Waals surface area (Å²) < 4.78 is 28.7. The second kappa shape index (κ2) is 11.3. The number of fused-ring (bicyclic) bond motifs is 1. The third kappa shape index (κ3) is 5.98. The maximum absolute atomic E-state index is 12.3. The van der Waals surface area contributed by atoms with E-state index in [4.69, 9.17) is 21.6 Å². The van der Waals surface area contributed by atoms with Crippen LogP contribution in [0.2, 0.25) is 5.02 Å². The number of carbonyl (C=O) groups is 1. The molecule has 190 valence electrons. The smallest absolute Gasteiger partial charge is 0.328 e. The first-order valence-corrected chi connectivity index (χ1v) is 13.0. The van der Waals surface area contributed by atoms with Gasteiger partial charge in [0, 0.05) is 29.4 Å². The predicted octanol–water partition coefficient (Wildman–Crippen LogP) is 4.91. The number of hydrogen-bond acceptors (Lipinski definition) is 5. The van der Waals surface area contributed by atoms with Gasteiger partial charge in [-0.25, -0.2) is 27.9 Å². The highest BCUT2D eigenvalue weighted by Crippen LogP contribution is 2.24. The normalized spacial score (nSPS) is 11.2. The molecular weight excluding hydrogens is 521 g/mol. The second-order valence-electron chi connectivity index (χ2n) is 8.20. The lowest BCUT2D eigenvalue weighted by Gasteiger charge is -2.11. The number of amides is 2. The Labute approximate surface area is 221 Å². The first-order valence-electron chi connectivity index (χ1n) is 11.2. The number of aryl methyl sites for hydroxylation is 3. The monoisotopic (exact) mass is 547 g/mol. The summed E-state index contributed by atoms with van der Waals surface area (Å²) >= 11 is 5.84. The average Bonchev–Trinajstić information content (AvgIpc) is 3.18. The minimum atomic E-state index is -4.00. The molecule has 0 spiro atoms. The largest absolute Gasteiger partial charge is 0.337 e. The van der Waals surface area contributed by atoms with Gasteiger partial charge in [-0.3, -0.25) is 4.57 Å². The van der Waals surface area contributed by atoms with Gasteiger partial charge in [-0.2, -0.15) is 0 Å². The number of imidazole rings is 1. The van der Waals surface area contributed by atoms with Gasteiger partial charge in [0.1, 0.15) is 11.3 Å². The summed E-state index contributed by atoms with van der Waals surface area (Å²) in [7, 11) is -4.00. The lowest BCUT2D eigenvalue weighted by Crippen LogP contribution is -2.40. The summed E-state index contributed by atoms with van der Waals surface area (Å²) in [6.45, 7) is 6.35. The molecular formula is C25H27Cl2N5O3S. The van der Waals surface area contributed by atoms with Crippen LogP contribution in [0.4, 0.5) is 4.79 Å². The molecule has 8 nitrogen and oxygen atoms in total. The van der Waals surface area contributed by atoms with Gasteiger partial charge in [0.25, 0.3) is 10.0 Å². The van der Waals surface area contributed by atoms with Crippen LogP contribution >= 0.6 is 24.0 Å². The van der Waals surface area contributed by atoms with Crippen molar-refractivity contribution in [1.29, 1.82) is 0 Å². The van der Waals surface area contributed by atoms with Gasteiger partial charge in [0.15, 0.2) is 5.65 Å². The number of nitrogens with zero attached hydrogens (tertiary/aromatic N) is 3. The Balaban J connectivity index is 0.00000361. The fraction of sp³-hybridized carbons (Fsp3) is 0.240. The van der Waals surface area contributed by atoms with E-state index in [1.807, 2.05) is 48.9 Å². The topological polar surface area (TPSA) is 106 Å². The second-order valence-corrected chi connectivity index (χ2v) is 10.3. The van der Waals surface area contributed by atoms with E-state index in [-0.39, 0.29) is 28.9 Å². The van der Waals surface area contributed by atoms with Gasteiger partial charge < -0.3 is 5.32 Å². The molecule has 4 aromatic rings. The molecule has 0 aliphatic carbocycles. The highest BCUT2D eigenvalue weighted by atomic mass is 35.5. The summed E-state index contributed by atoms with van der Waals surface area (Å²) in [6.07, 6.45) is 1.31. The number of nitrogens with one attached hydrogen (secondary N) is 2. The van der Waals surface area contributed by atoms with Crippen LogP contribution in [0.1, 0.15) is 29.6 Å². The molecule has 0 atom stereocenters. The molecule has 0 aliphatic heterocycles. The molecule has 0 radical (unpaired) electrons. The fourth-order valence-corrected chi connectivity index (χ4v) is 5.13. The van der Waals surface area contributed by atoms with Crippen LogP contribution in [-0.4, -0.2) is 35.5 Å². The maximum Gasteiger partial charge on any atom is 0.328 e. The Morgan fingerprint density at radius 1 is 1.06 bits per heavy atom. The van der Waals surface area contributed by atoms with Crippen LogP contribution in [0.5, 0.6) is 0 Å². The number of rotatable bonds is 7. The summed E-state index contributed by atoms with van der Waals surface area (Å²) in [4.78, 5) is 21.5. The van der Waals surface area contributed by atoms with E-state index in [0.29, 0.717) is 6.42 Å². The van der Waals surface area contributed by atoms with E-state index in [0.717, 1.165) is 45.9 Å². The van der Waals surface area contributed by atoms with Gasteiger partial charge in [0.2, 0.25) is 0 Å². The van der Waals surface area contributed by atoms with Crippen LogP contribution in [-0.2, 0) is 22.9 Å². The molecule has 0 saturated carbocycles. The van der Waals surface area contributed by atoms with Crippen molar-refractivity contribution in [2.24, 2.45) is 0 Å². The van der Waals surface area contributed by atoms with Gasteiger partial charge in [-0.15, -0.1) is 12.4 Å². The molecule has 2 heterocycles. The van der Waals surface area contributed by atoms with Gasteiger partial charge in [-0.05, 0) is 67.8 Å². The van der Waals surface area contributed by atoms with Crippen molar-refractivity contribution < 1.29 is 13.2 Å².